The second-order valence-electron chi connectivity index (χ2n) is 4.69. The standard InChI is InChI=1S/C14H22FN3O2/c1-2-3-4-18(5-6-19)10-11-7-12(14(16)17-20)9-13(15)8-11/h7-9,19-20H,2-6,10H2,1H3,(H2,16,17). The smallest absolute Gasteiger partial charge is 0.170 e. The molecule has 1 aromatic carbocycles. The summed E-state index contributed by atoms with van der Waals surface area (Å²) in [5.41, 5.74) is 6.56. The molecule has 0 radical (unpaired) electrons. The van der Waals surface area contributed by atoms with Crippen molar-refractivity contribution in [2.45, 2.75) is 26.3 Å². The minimum atomic E-state index is -0.427. The number of halogens is 1. The third-order valence-corrected chi connectivity index (χ3v) is 3.01. The number of rotatable bonds is 8. The number of nitrogens with zero attached hydrogens (tertiary/aromatic N) is 2. The van der Waals surface area contributed by atoms with Crippen LogP contribution in [0.1, 0.15) is 30.9 Å². The minimum Gasteiger partial charge on any atom is -0.409 e. The molecule has 0 atom stereocenters. The van der Waals surface area contributed by atoms with Crippen LogP contribution in [-0.2, 0) is 6.54 Å². The Morgan fingerprint density at radius 2 is 2.10 bits per heavy atom. The van der Waals surface area contributed by atoms with Gasteiger partial charge >= 0.3 is 0 Å². The first kappa shape index (κ1) is 16.4. The predicted molar refractivity (Wildman–Crippen MR) is 76.2 cm³/mol. The molecule has 0 fully saturated rings. The largest absolute Gasteiger partial charge is 0.409 e. The normalized spacial score (nSPS) is 12.1. The third-order valence-electron chi connectivity index (χ3n) is 3.01. The fraction of sp³-hybridized carbons (Fsp3) is 0.500. The summed E-state index contributed by atoms with van der Waals surface area (Å²) in [7, 11) is 0. The maximum atomic E-state index is 13.6. The van der Waals surface area contributed by atoms with Gasteiger partial charge in [0.25, 0.3) is 0 Å². The molecule has 0 aliphatic rings. The van der Waals surface area contributed by atoms with Crippen molar-refractivity contribution in [1.82, 2.24) is 4.90 Å². The highest BCUT2D eigenvalue weighted by atomic mass is 19.1. The number of benzene rings is 1. The van der Waals surface area contributed by atoms with E-state index in [4.69, 9.17) is 16.0 Å². The van der Waals surface area contributed by atoms with Crippen LogP contribution in [-0.4, -0.2) is 40.7 Å². The number of amidine groups is 1. The number of oxime groups is 1. The van der Waals surface area contributed by atoms with E-state index in [0.717, 1.165) is 24.9 Å². The molecule has 112 valence electrons. The number of hydrogen-bond donors (Lipinski definition) is 3. The molecular weight excluding hydrogens is 261 g/mol. The van der Waals surface area contributed by atoms with E-state index in [0.29, 0.717) is 18.7 Å². The SMILES string of the molecule is CCCCN(CCO)Cc1cc(F)cc(/C(N)=N/O)c1. The van der Waals surface area contributed by atoms with Crippen LogP contribution in [0.2, 0.25) is 0 Å². The van der Waals surface area contributed by atoms with Gasteiger partial charge < -0.3 is 16.0 Å². The minimum absolute atomic E-state index is 0.0616. The van der Waals surface area contributed by atoms with Gasteiger partial charge in [-0.2, -0.15) is 0 Å². The zero-order valence-electron chi connectivity index (χ0n) is 11.7. The molecule has 0 heterocycles. The molecule has 4 N–H and O–H groups in total. The molecule has 0 spiro atoms. The molecule has 0 aliphatic carbocycles. The number of unbranched alkanes of at least 4 members (excludes halogenated alkanes) is 1. The van der Waals surface area contributed by atoms with Crippen molar-refractivity contribution in [1.29, 1.82) is 0 Å². The first-order valence-electron chi connectivity index (χ1n) is 6.71. The summed E-state index contributed by atoms with van der Waals surface area (Å²) >= 11 is 0. The van der Waals surface area contributed by atoms with Gasteiger partial charge in [0, 0.05) is 18.7 Å². The Kier molecular flexibility index (Phi) is 6.97. The average Bonchev–Trinajstić information content (AvgIpc) is 2.43. The Morgan fingerprint density at radius 3 is 2.70 bits per heavy atom. The zero-order chi connectivity index (χ0) is 15.0. The topological polar surface area (TPSA) is 82.1 Å². The van der Waals surface area contributed by atoms with Crippen LogP contribution in [0.25, 0.3) is 0 Å². The van der Waals surface area contributed by atoms with Crippen LogP contribution >= 0.6 is 0 Å². The highest BCUT2D eigenvalue weighted by Gasteiger charge is 2.09. The van der Waals surface area contributed by atoms with Crippen molar-refractivity contribution in [3.05, 3.63) is 35.1 Å². The molecule has 0 unspecified atom stereocenters. The molecule has 0 saturated heterocycles. The molecule has 20 heavy (non-hydrogen) atoms. The molecule has 5 nitrogen and oxygen atoms in total. The van der Waals surface area contributed by atoms with Gasteiger partial charge in [-0.25, -0.2) is 4.39 Å². The Labute approximate surface area is 118 Å². The zero-order valence-corrected chi connectivity index (χ0v) is 11.7. The number of aliphatic hydroxyl groups is 1. The van der Waals surface area contributed by atoms with Crippen LogP contribution in [0, 0.1) is 5.82 Å². The van der Waals surface area contributed by atoms with E-state index in [1.165, 1.54) is 12.1 Å². The average molecular weight is 283 g/mol. The Morgan fingerprint density at radius 1 is 1.35 bits per heavy atom. The summed E-state index contributed by atoms with van der Waals surface area (Å²) in [6.45, 7) is 4.05. The predicted octanol–water partition coefficient (Wildman–Crippen LogP) is 1.51. The van der Waals surface area contributed by atoms with Gasteiger partial charge in [0.05, 0.1) is 6.61 Å². The molecule has 0 saturated carbocycles. The number of aliphatic hydroxyl groups excluding tert-OH is 1. The van der Waals surface area contributed by atoms with Crippen LogP contribution in [0.5, 0.6) is 0 Å². The monoisotopic (exact) mass is 283 g/mol. The molecule has 0 aliphatic heterocycles. The van der Waals surface area contributed by atoms with Crippen molar-refractivity contribution in [2.75, 3.05) is 19.7 Å². The molecule has 0 amide bonds. The van der Waals surface area contributed by atoms with E-state index in [1.807, 2.05) is 4.90 Å². The van der Waals surface area contributed by atoms with Gasteiger partial charge in [-0.3, -0.25) is 4.90 Å². The van der Waals surface area contributed by atoms with Gasteiger partial charge in [0.2, 0.25) is 0 Å². The van der Waals surface area contributed by atoms with Gasteiger partial charge in [-0.1, -0.05) is 18.5 Å². The number of hydrogen-bond acceptors (Lipinski definition) is 4. The van der Waals surface area contributed by atoms with Crippen LogP contribution < -0.4 is 5.73 Å². The lowest BCUT2D eigenvalue weighted by atomic mass is 10.1. The highest BCUT2D eigenvalue weighted by molar-refractivity contribution is 5.97. The molecule has 0 bridgehead atoms. The van der Waals surface area contributed by atoms with Gasteiger partial charge in [-0.15, -0.1) is 0 Å². The van der Waals surface area contributed by atoms with Crippen molar-refractivity contribution in [3.63, 3.8) is 0 Å². The van der Waals surface area contributed by atoms with Crippen LogP contribution in [0.15, 0.2) is 23.4 Å². The Bertz CT molecular complexity index is 452. The lowest BCUT2D eigenvalue weighted by molar-refractivity contribution is 0.188. The van der Waals surface area contributed by atoms with Crippen molar-refractivity contribution in [3.8, 4) is 0 Å². The van der Waals surface area contributed by atoms with Crippen molar-refractivity contribution >= 4 is 5.84 Å². The summed E-state index contributed by atoms with van der Waals surface area (Å²) < 4.78 is 13.6. The van der Waals surface area contributed by atoms with Gasteiger partial charge in [0.1, 0.15) is 5.82 Å². The Balaban J connectivity index is 2.86. The summed E-state index contributed by atoms with van der Waals surface area (Å²) in [6, 6.07) is 4.33. The fourth-order valence-corrected chi connectivity index (χ4v) is 2.00. The van der Waals surface area contributed by atoms with E-state index in [9.17, 15) is 4.39 Å². The second kappa shape index (κ2) is 8.50. The van der Waals surface area contributed by atoms with Crippen molar-refractivity contribution in [2.24, 2.45) is 10.9 Å². The quantitative estimate of drug-likeness (QED) is 0.292. The third kappa shape index (κ3) is 5.14. The van der Waals surface area contributed by atoms with Gasteiger partial charge in [-0.05, 0) is 36.7 Å². The molecule has 1 aromatic rings. The van der Waals surface area contributed by atoms with E-state index in [1.54, 1.807) is 6.07 Å². The second-order valence-corrected chi connectivity index (χ2v) is 4.69. The summed E-state index contributed by atoms with van der Waals surface area (Å²) in [6.07, 6.45) is 2.07. The highest BCUT2D eigenvalue weighted by Crippen LogP contribution is 2.12. The fourth-order valence-electron chi connectivity index (χ4n) is 2.00. The summed E-state index contributed by atoms with van der Waals surface area (Å²) in [5.74, 6) is -0.545. The molecule has 0 aromatic heterocycles. The lowest BCUT2D eigenvalue weighted by Gasteiger charge is -2.21. The maximum absolute atomic E-state index is 13.6. The number of nitrogens with two attached hydrogens (primary N) is 1. The van der Waals surface area contributed by atoms with E-state index >= 15 is 0 Å². The van der Waals surface area contributed by atoms with E-state index in [-0.39, 0.29) is 12.4 Å². The lowest BCUT2D eigenvalue weighted by Crippen LogP contribution is -2.27. The summed E-state index contributed by atoms with van der Waals surface area (Å²) in [4.78, 5) is 2.05. The van der Waals surface area contributed by atoms with Crippen molar-refractivity contribution < 1.29 is 14.7 Å². The Hall–Kier alpha value is -1.66. The molecule has 6 heteroatoms. The molecular formula is C14H22FN3O2. The van der Waals surface area contributed by atoms with Gasteiger partial charge in [0.15, 0.2) is 5.84 Å². The first-order chi connectivity index (χ1) is 9.60. The van der Waals surface area contributed by atoms with E-state index in [2.05, 4.69) is 12.1 Å². The van der Waals surface area contributed by atoms with Crippen LogP contribution in [0.3, 0.4) is 0 Å². The summed E-state index contributed by atoms with van der Waals surface area (Å²) in [5, 5.41) is 20.6. The first-order valence-corrected chi connectivity index (χ1v) is 6.71. The van der Waals surface area contributed by atoms with Crippen LogP contribution in [0.4, 0.5) is 4.39 Å². The molecule has 1 rings (SSSR count). The maximum Gasteiger partial charge on any atom is 0.170 e. The van der Waals surface area contributed by atoms with E-state index < -0.39 is 5.82 Å².